The Labute approximate surface area is 184 Å². The standard InChI is InChI=1S/C23H30N2O5S/c1-4-29-21-13-12-19(15-17(21)3)31(27,28)25-14-8-9-18(16-25)23(26)24-20-10-6-7-11-22(20)30-5-2/h6-7,10-13,15,18H,4-5,8-9,14,16H2,1-3H3,(H,24,26)/t18-/m0/s1. The molecule has 7 nitrogen and oxygen atoms in total. The molecular formula is C23H30N2O5S. The van der Waals surface area contributed by atoms with E-state index in [9.17, 15) is 13.2 Å². The molecule has 1 aliphatic rings. The Morgan fingerprint density at radius 3 is 2.52 bits per heavy atom. The summed E-state index contributed by atoms with van der Waals surface area (Å²) in [5.41, 5.74) is 1.36. The molecule has 1 heterocycles. The molecule has 0 bridgehead atoms. The zero-order chi connectivity index (χ0) is 22.4. The molecular weight excluding hydrogens is 416 g/mol. The van der Waals surface area contributed by atoms with Gasteiger partial charge in [-0.15, -0.1) is 0 Å². The van der Waals surface area contributed by atoms with Crippen molar-refractivity contribution in [2.75, 3.05) is 31.6 Å². The number of para-hydroxylation sites is 2. The van der Waals surface area contributed by atoms with Crippen LogP contribution in [0.5, 0.6) is 11.5 Å². The van der Waals surface area contributed by atoms with Gasteiger partial charge in [-0.2, -0.15) is 4.31 Å². The number of nitrogens with zero attached hydrogens (tertiary/aromatic N) is 1. The number of hydrogen-bond acceptors (Lipinski definition) is 5. The third-order valence-corrected chi connectivity index (χ3v) is 7.14. The minimum Gasteiger partial charge on any atom is -0.494 e. The molecule has 168 valence electrons. The van der Waals surface area contributed by atoms with E-state index in [2.05, 4.69) is 5.32 Å². The second-order valence-corrected chi connectivity index (χ2v) is 9.42. The Morgan fingerprint density at radius 2 is 1.81 bits per heavy atom. The third-order valence-electron chi connectivity index (χ3n) is 5.28. The monoisotopic (exact) mass is 446 g/mol. The van der Waals surface area contributed by atoms with Crippen LogP contribution in [0.2, 0.25) is 0 Å². The van der Waals surface area contributed by atoms with Crippen LogP contribution in [0.15, 0.2) is 47.4 Å². The number of carbonyl (C=O) groups excluding carboxylic acids is 1. The van der Waals surface area contributed by atoms with Gasteiger partial charge in [0.2, 0.25) is 15.9 Å². The number of nitrogens with one attached hydrogen (secondary N) is 1. The summed E-state index contributed by atoms with van der Waals surface area (Å²) in [6.45, 7) is 7.14. The summed E-state index contributed by atoms with van der Waals surface area (Å²) in [4.78, 5) is 13.1. The minimum absolute atomic E-state index is 0.150. The predicted octanol–water partition coefficient (Wildman–Crippen LogP) is 3.83. The van der Waals surface area contributed by atoms with Crippen molar-refractivity contribution >= 4 is 21.6 Å². The largest absolute Gasteiger partial charge is 0.494 e. The summed E-state index contributed by atoms with van der Waals surface area (Å²) in [6.07, 6.45) is 1.26. The fourth-order valence-corrected chi connectivity index (χ4v) is 5.32. The second kappa shape index (κ2) is 10.2. The molecule has 0 aliphatic carbocycles. The molecule has 1 saturated heterocycles. The Balaban J connectivity index is 1.74. The molecule has 0 saturated carbocycles. The van der Waals surface area contributed by atoms with Crippen LogP contribution in [0.3, 0.4) is 0 Å². The van der Waals surface area contributed by atoms with Gasteiger partial charge in [0.15, 0.2) is 0 Å². The Hall–Kier alpha value is -2.58. The second-order valence-electron chi connectivity index (χ2n) is 7.48. The van der Waals surface area contributed by atoms with E-state index in [0.29, 0.717) is 49.8 Å². The van der Waals surface area contributed by atoms with Crippen molar-refractivity contribution in [1.29, 1.82) is 0 Å². The maximum atomic E-state index is 13.2. The molecule has 0 spiro atoms. The number of hydrogen-bond donors (Lipinski definition) is 1. The topological polar surface area (TPSA) is 84.9 Å². The molecule has 8 heteroatoms. The van der Waals surface area contributed by atoms with Crippen LogP contribution >= 0.6 is 0 Å². The van der Waals surface area contributed by atoms with Crippen LogP contribution in [0.1, 0.15) is 32.3 Å². The number of aryl methyl sites for hydroxylation is 1. The number of ether oxygens (including phenoxy) is 2. The zero-order valence-corrected chi connectivity index (χ0v) is 19.1. The molecule has 0 unspecified atom stereocenters. The van der Waals surface area contributed by atoms with Crippen molar-refractivity contribution in [3.8, 4) is 11.5 Å². The number of sulfonamides is 1. The van der Waals surface area contributed by atoms with Gasteiger partial charge in [-0.3, -0.25) is 4.79 Å². The fourth-order valence-electron chi connectivity index (χ4n) is 3.71. The molecule has 2 aromatic carbocycles. The molecule has 31 heavy (non-hydrogen) atoms. The highest BCUT2D eigenvalue weighted by atomic mass is 32.2. The summed E-state index contributed by atoms with van der Waals surface area (Å²) in [5, 5.41) is 2.91. The van der Waals surface area contributed by atoms with E-state index in [4.69, 9.17) is 9.47 Å². The number of piperidine rings is 1. The highest BCUT2D eigenvalue weighted by Gasteiger charge is 2.33. The summed E-state index contributed by atoms with van der Waals surface area (Å²) in [6, 6.07) is 12.1. The smallest absolute Gasteiger partial charge is 0.243 e. The van der Waals surface area contributed by atoms with E-state index in [1.807, 2.05) is 32.9 Å². The van der Waals surface area contributed by atoms with Gasteiger partial charge in [0, 0.05) is 13.1 Å². The summed E-state index contributed by atoms with van der Waals surface area (Å²) < 4.78 is 38.9. The number of rotatable bonds is 8. The molecule has 1 aliphatic heterocycles. The minimum atomic E-state index is -3.70. The van der Waals surface area contributed by atoms with E-state index >= 15 is 0 Å². The molecule has 1 N–H and O–H groups in total. The Kier molecular flexibility index (Phi) is 7.56. The van der Waals surface area contributed by atoms with Gasteiger partial charge in [0.1, 0.15) is 11.5 Å². The molecule has 1 fully saturated rings. The van der Waals surface area contributed by atoms with E-state index in [-0.39, 0.29) is 17.3 Å². The van der Waals surface area contributed by atoms with Crippen molar-refractivity contribution < 1.29 is 22.7 Å². The Morgan fingerprint density at radius 1 is 1.10 bits per heavy atom. The van der Waals surface area contributed by atoms with Crippen LogP contribution in [0, 0.1) is 12.8 Å². The maximum Gasteiger partial charge on any atom is 0.243 e. The van der Waals surface area contributed by atoms with Gasteiger partial charge in [-0.1, -0.05) is 12.1 Å². The van der Waals surface area contributed by atoms with E-state index in [1.54, 1.807) is 30.3 Å². The summed E-state index contributed by atoms with van der Waals surface area (Å²) >= 11 is 0. The van der Waals surface area contributed by atoms with Crippen LogP contribution in [-0.4, -0.2) is 44.9 Å². The van der Waals surface area contributed by atoms with Gasteiger partial charge >= 0.3 is 0 Å². The highest BCUT2D eigenvalue weighted by molar-refractivity contribution is 7.89. The first-order chi connectivity index (χ1) is 14.9. The average molecular weight is 447 g/mol. The lowest BCUT2D eigenvalue weighted by Gasteiger charge is -2.31. The summed E-state index contributed by atoms with van der Waals surface area (Å²) in [7, 11) is -3.70. The van der Waals surface area contributed by atoms with E-state index in [0.717, 1.165) is 5.56 Å². The number of amides is 1. The van der Waals surface area contributed by atoms with Crippen molar-refractivity contribution in [3.63, 3.8) is 0 Å². The van der Waals surface area contributed by atoms with Crippen molar-refractivity contribution in [2.45, 2.75) is 38.5 Å². The highest BCUT2D eigenvalue weighted by Crippen LogP contribution is 2.29. The lowest BCUT2D eigenvalue weighted by Crippen LogP contribution is -2.43. The first-order valence-corrected chi connectivity index (χ1v) is 12.1. The average Bonchev–Trinajstić information content (AvgIpc) is 2.77. The van der Waals surface area contributed by atoms with Gasteiger partial charge in [-0.25, -0.2) is 8.42 Å². The zero-order valence-electron chi connectivity index (χ0n) is 18.3. The molecule has 0 aromatic heterocycles. The third kappa shape index (κ3) is 5.37. The SMILES string of the molecule is CCOc1ccc(S(=O)(=O)N2CCC[C@H](C(=O)Nc3ccccc3OCC)C2)cc1C. The maximum absolute atomic E-state index is 13.2. The van der Waals surface area contributed by atoms with Gasteiger partial charge in [-0.05, 0) is 69.5 Å². The van der Waals surface area contributed by atoms with Crippen LogP contribution in [-0.2, 0) is 14.8 Å². The van der Waals surface area contributed by atoms with Gasteiger partial charge < -0.3 is 14.8 Å². The molecule has 0 radical (unpaired) electrons. The first kappa shape index (κ1) is 23.1. The number of benzene rings is 2. The molecule has 1 atom stereocenters. The van der Waals surface area contributed by atoms with E-state index in [1.165, 1.54) is 4.31 Å². The first-order valence-electron chi connectivity index (χ1n) is 10.6. The predicted molar refractivity (Wildman–Crippen MR) is 120 cm³/mol. The summed E-state index contributed by atoms with van der Waals surface area (Å²) in [5.74, 6) is 0.644. The molecule has 1 amide bonds. The van der Waals surface area contributed by atoms with Crippen molar-refractivity contribution in [3.05, 3.63) is 48.0 Å². The van der Waals surface area contributed by atoms with Crippen LogP contribution in [0.25, 0.3) is 0 Å². The lowest BCUT2D eigenvalue weighted by molar-refractivity contribution is -0.120. The number of anilines is 1. The quantitative estimate of drug-likeness (QED) is 0.666. The lowest BCUT2D eigenvalue weighted by atomic mass is 9.98. The molecule has 3 rings (SSSR count). The number of carbonyl (C=O) groups is 1. The van der Waals surface area contributed by atoms with Crippen molar-refractivity contribution in [1.82, 2.24) is 4.31 Å². The van der Waals surface area contributed by atoms with E-state index < -0.39 is 15.9 Å². The Bertz CT molecular complexity index is 1020. The van der Waals surface area contributed by atoms with Crippen LogP contribution in [0.4, 0.5) is 5.69 Å². The van der Waals surface area contributed by atoms with Gasteiger partial charge in [0.25, 0.3) is 0 Å². The van der Waals surface area contributed by atoms with Crippen LogP contribution < -0.4 is 14.8 Å². The molecule has 2 aromatic rings. The fraction of sp³-hybridized carbons (Fsp3) is 0.435. The van der Waals surface area contributed by atoms with Gasteiger partial charge in [0.05, 0.1) is 29.7 Å². The normalized spacial score (nSPS) is 17.2. The van der Waals surface area contributed by atoms with Crippen molar-refractivity contribution in [2.24, 2.45) is 5.92 Å².